The highest BCUT2D eigenvalue weighted by Crippen LogP contribution is 2.34. The molecule has 0 N–H and O–H groups in total. The zero-order chi connectivity index (χ0) is 19.7. The molecule has 0 unspecified atom stereocenters. The van der Waals surface area contributed by atoms with E-state index in [1.165, 1.54) is 0 Å². The lowest BCUT2D eigenvalue weighted by Crippen LogP contribution is -2.38. The zero-order valence-electron chi connectivity index (χ0n) is 15.8. The standard InChI is InChI=1S/C20H19N3O5/c1-12-4-6-14-16(8-12)27-11-19(24)23(14)10-18-21-20(22-28-18)13-5-7-15(25-2)17(9-13)26-3/h4-9H,10-11H2,1-3H3. The Hall–Kier alpha value is -3.55. The summed E-state index contributed by atoms with van der Waals surface area (Å²) in [5.74, 6) is 2.41. The van der Waals surface area contributed by atoms with E-state index in [9.17, 15) is 4.79 Å². The minimum absolute atomic E-state index is 0.0207. The van der Waals surface area contributed by atoms with E-state index in [1.807, 2.05) is 31.2 Å². The molecule has 0 atom stereocenters. The number of carbonyl (C=O) groups is 1. The Morgan fingerprint density at radius 3 is 2.71 bits per heavy atom. The van der Waals surface area contributed by atoms with Gasteiger partial charge in [0.2, 0.25) is 11.7 Å². The van der Waals surface area contributed by atoms with Crippen LogP contribution in [0.25, 0.3) is 11.4 Å². The molecule has 1 aliphatic rings. The topological polar surface area (TPSA) is 86.9 Å². The van der Waals surface area contributed by atoms with Gasteiger partial charge in [0.15, 0.2) is 18.1 Å². The molecule has 0 bridgehead atoms. The van der Waals surface area contributed by atoms with Gasteiger partial charge in [-0.25, -0.2) is 0 Å². The fourth-order valence-electron chi connectivity index (χ4n) is 3.03. The second-order valence-electron chi connectivity index (χ2n) is 6.32. The molecule has 2 heterocycles. The quantitative estimate of drug-likeness (QED) is 0.671. The summed E-state index contributed by atoms with van der Waals surface area (Å²) < 4.78 is 21.4. The Labute approximate surface area is 161 Å². The summed E-state index contributed by atoms with van der Waals surface area (Å²) in [4.78, 5) is 18.4. The average Bonchev–Trinajstić information content (AvgIpc) is 3.18. The predicted molar refractivity (Wildman–Crippen MR) is 101 cm³/mol. The Balaban J connectivity index is 1.60. The molecular formula is C20H19N3O5. The fraction of sp³-hybridized carbons (Fsp3) is 0.250. The second kappa shape index (κ2) is 7.22. The molecule has 0 aliphatic carbocycles. The molecule has 3 aromatic rings. The van der Waals surface area contributed by atoms with Gasteiger partial charge in [-0.15, -0.1) is 0 Å². The Bertz CT molecular complexity index is 1030. The number of aryl methyl sites for hydroxylation is 1. The Kier molecular flexibility index (Phi) is 4.60. The zero-order valence-corrected chi connectivity index (χ0v) is 15.8. The van der Waals surface area contributed by atoms with Crippen molar-refractivity contribution in [2.45, 2.75) is 13.5 Å². The maximum absolute atomic E-state index is 12.4. The van der Waals surface area contributed by atoms with E-state index in [2.05, 4.69) is 10.1 Å². The van der Waals surface area contributed by atoms with Crippen molar-refractivity contribution in [3.63, 3.8) is 0 Å². The first-order chi connectivity index (χ1) is 13.6. The molecule has 1 amide bonds. The molecule has 144 valence electrons. The third-order valence-electron chi connectivity index (χ3n) is 4.46. The van der Waals surface area contributed by atoms with Gasteiger partial charge in [0.25, 0.3) is 5.91 Å². The van der Waals surface area contributed by atoms with Crippen molar-refractivity contribution in [3.05, 3.63) is 47.9 Å². The monoisotopic (exact) mass is 381 g/mol. The van der Waals surface area contributed by atoms with Crippen molar-refractivity contribution in [1.82, 2.24) is 10.1 Å². The number of fused-ring (bicyclic) bond motifs is 1. The van der Waals surface area contributed by atoms with E-state index < -0.39 is 0 Å². The highest BCUT2D eigenvalue weighted by atomic mass is 16.5. The van der Waals surface area contributed by atoms with Crippen LogP contribution in [-0.2, 0) is 11.3 Å². The molecule has 0 saturated heterocycles. The van der Waals surface area contributed by atoms with Gasteiger partial charge in [0.1, 0.15) is 12.3 Å². The normalized spacial score (nSPS) is 13.1. The lowest BCUT2D eigenvalue weighted by molar-refractivity contribution is -0.121. The van der Waals surface area contributed by atoms with Crippen LogP contribution in [0.3, 0.4) is 0 Å². The van der Waals surface area contributed by atoms with Crippen LogP contribution in [0.15, 0.2) is 40.9 Å². The number of nitrogens with zero attached hydrogens (tertiary/aromatic N) is 3. The molecule has 1 aromatic heterocycles. The van der Waals surface area contributed by atoms with Crippen LogP contribution in [0.5, 0.6) is 17.2 Å². The number of ether oxygens (including phenoxy) is 3. The van der Waals surface area contributed by atoms with Gasteiger partial charge in [-0.3, -0.25) is 9.69 Å². The number of methoxy groups -OCH3 is 2. The van der Waals surface area contributed by atoms with Crippen LogP contribution < -0.4 is 19.1 Å². The van der Waals surface area contributed by atoms with Crippen LogP contribution in [0.1, 0.15) is 11.5 Å². The lowest BCUT2D eigenvalue weighted by Gasteiger charge is -2.28. The minimum atomic E-state index is -0.165. The van der Waals surface area contributed by atoms with Gasteiger partial charge in [-0.1, -0.05) is 11.2 Å². The van der Waals surface area contributed by atoms with Crippen molar-refractivity contribution in [2.24, 2.45) is 0 Å². The third kappa shape index (κ3) is 3.24. The molecule has 2 aromatic carbocycles. The maximum atomic E-state index is 12.4. The molecule has 1 aliphatic heterocycles. The van der Waals surface area contributed by atoms with Crippen LogP contribution in [0, 0.1) is 6.92 Å². The van der Waals surface area contributed by atoms with Crippen LogP contribution in [0.4, 0.5) is 5.69 Å². The van der Waals surface area contributed by atoms with Gasteiger partial charge in [-0.05, 0) is 42.8 Å². The van der Waals surface area contributed by atoms with Crippen LogP contribution in [0.2, 0.25) is 0 Å². The van der Waals surface area contributed by atoms with E-state index in [-0.39, 0.29) is 19.1 Å². The number of rotatable bonds is 5. The van der Waals surface area contributed by atoms with Gasteiger partial charge < -0.3 is 18.7 Å². The number of hydrogen-bond acceptors (Lipinski definition) is 7. The van der Waals surface area contributed by atoms with E-state index in [0.29, 0.717) is 34.7 Å². The van der Waals surface area contributed by atoms with Crippen LogP contribution >= 0.6 is 0 Å². The van der Waals surface area contributed by atoms with E-state index in [1.54, 1.807) is 31.3 Å². The van der Waals surface area contributed by atoms with E-state index >= 15 is 0 Å². The summed E-state index contributed by atoms with van der Waals surface area (Å²) in [6.45, 7) is 2.11. The molecule has 0 saturated carbocycles. The molecule has 0 radical (unpaired) electrons. The highest BCUT2D eigenvalue weighted by Gasteiger charge is 2.27. The summed E-state index contributed by atoms with van der Waals surface area (Å²) in [6.07, 6.45) is 0. The number of amides is 1. The summed E-state index contributed by atoms with van der Waals surface area (Å²) in [7, 11) is 3.13. The van der Waals surface area contributed by atoms with Crippen molar-refractivity contribution >= 4 is 11.6 Å². The molecule has 4 rings (SSSR count). The van der Waals surface area contributed by atoms with Gasteiger partial charge >= 0.3 is 0 Å². The van der Waals surface area contributed by atoms with Gasteiger partial charge in [0, 0.05) is 5.56 Å². The highest BCUT2D eigenvalue weighted by molar-refractivity contribution is 5.97. The Morgan fingerprint density at radius 1 is 1.11 bits per heavy atom. The molecule has 8 heteroatoms. The second-order valence-corrected chi connectivity index (χ2v) is 6.32. The first kappa shape index (κ1) is 17.8. The molecule has 28 heavy (non-hydrogen) atoms. The molecule has 0 spiro atoms. The smallest absolute Gasteiger partial charge is 0.265 e. The van der Waals surface area contributed by atoms with Gasteiger partial charge in [-0.2, -0.15) is 4.98 Å². The summed E-state index contributed by atoms with van der Waals surface area (Å²) in [5.41, 5.74) is 2.46. The predicted octanol–water partition coefficient (Wildman–Crippen LogP) is 2.99. The van der Waals surface area contributed by atoms with Crippen molar-refractivity contribution in [2.75, 3.05) is 25.7 Å². The minimum Gasteiger partial charge on any atom is -0.493 e. The lowest BCUT2D eigenvalue weighted by atomic mass is 10.1. The van der Waals surface area contributed by atoms with Crippen molar-refractivity contribution in [3.8, 4) is 28.6 Å². The number of aromatic nitrogens is 2. The van der Waals surface area contributed by atoms with Crippen LogP contribution in [-0.4, -0.2) is 36.9 Å². The fourth-order valence-corrected chi connectivity index (χ4v) is 3.03. The van der Waals surface area contributed by atoms with Gasteiger partial charge in [0.05, 0.1) is 19.9 Å². The maximum Gasteiger partial charge on any atom is 0.265 e. The first-order valence-corrected chi connectivity index (χ1v) is 8.68. The van der Waals surface area contributed by atoms with Crippen molar-refractivity contribution < 1.29 is 23.5 Å². The number of carbonyl (C=O) groups excluding carboxylic acids is 1. The third-order valence-corrected chi connectivity index (χ3v) is 4.46. The Morgan fingerprint density at radius 2 is 1.93 bits per heavy atom. The summed E-state index contributed by atoms with van der Waals surface area (Å²) >= 11 is 0. The average molecular weight is 381 g/mol. The molecule has 0 fully saturated rings. The summed E-state index contributed by atoms with van der Waals surface area (Å²) in [5, 5.41) is 4.03. The summed E-state index contributed by atoms with van der Waals surface area (Å²) in [6, 6.07) is 11.0. The van der Waals surface area contributed by atoms with E-state index in [0.717, 1.165) is 11.1 Å². The number of benzene rings is 2. The number of anilines is 1. The molecular weight excluding hydrogens is 362 g/mol. The van der Waals surface area contributed by atoms with E-state index in [4.69, 9.17) is 18.7 Å². The first-order valence-electron chi connectivity index (χ1n) is 8.68. The number of hydrogen-bond donors (Lipinski definition) is 0. The SMILES string of the molecule is COc1ccc(-c2noc(CN3C(=O)COc4cc(C)ccc43)n2)cc1OC. The molecule has 8 nitrogen and oxygen atoms in total. The largest absolute Gasteiger partial charge is 0.493 e. The van der Waals surface area contributed by atoms with Crippen molar-refractivity contribution in [1.29, 1.82) is 0 Å².